The smallest absolute Gasteiger partial charge is 0.344 e. The first kappa shape index (κ1) is 11.0. The lowest BCUT2D eigenvalue weighted by Gasteiger charge is -2.03. The predicted molar refractivity (Wildman–Crippen MR) is 59.7 cm³/mol. The lowest BCUT2D eigenvalue weighted by Crippen LogP contribution is -2.06. The maximum absolute atomic E-state index is 11.4. The van der Waals surface area contributed by atoms with Gasteiger partial charge in [-0.2, -0.15) is 0 Å². The fraction of sp³-hybridized carbons (Fsp3) is 0.0909. The topological polar surface area (TPSA) is 82.3 Å². The summed E-state index contributed by atoms with van der Waals surface area (Å²) in [5.41, 5.74) is 0.118. The number of hydrogen-bond acceptors (Lipinski definition) is 5. The molecule has 0 saturated heterocycles. The summed E-state index contributed by atoms with van der Waals surface area (Å²) in [6.45, 7) is 0. The summed E-state index contributed by atoms with van der Waals surface area (Å²) in [7, 11) is 1.18. The molecule has 0 bridgehead atoms. The Morgan fingerprint density at radius 3 is 2.82 bits per heavy atom. The van der Waals surface area contributed by atoms with Gasteiger partial charge in [-0.1, -0.05) is 0 Å². The van der Waals surface area contributed by atoms with Gasteiger partial charge in [0, 0.05) is 6.20 Å². The molecule has 0 amide bonds. The third kappa shape index (κ3) is 1.80. The summed E-state index contributed by atoms with van der Waals surface area (Å²) in [6.07, 6.45) is 1.53. The number of ether oxygens (including phenoxy) is 1. The summed E-state index contributed by atoms with van der Waals surface area (Å²) in [6, 6.07) is 6.02. The van der Waals surface area contributed by atoms with Gasteiger partial charge in [0.05, 0.1) is 22.9 Å². The molecule has 2 aromatic rings. The summed E-state index contributed by atoms with van der Waals surface area (Å²) >= 11 is 0. The molecule has 0 aliphatic rings. The van der Waals surface area contributed by atoms with Crippen molar-refractivity contribution in [3.05, 3.63) is 46.1 Å². The van der Waals surface area contributed by atoms with Crippen molar-refractivity contribution < 1.29 is 14.5 Å². The van der Waals surface area contributed by atoms with Crippen molar-refractivity contribution in [2.45, 2.75) is 0 Å². The first-order valence-corrected chi connectivity index (χ1v) is 4.75. The van der Waals surface area contributed by atoms with Gasteiger partial charge in [0.2, 0.25) is 0 Å². The standard InChI is InChI=1S/C11H8N2O4/c1-17-11(14)8-4-5-9-7(3-2-6-12-9)10(8)13(15)16/h2-6H,1H3. The maximum atomic E-state index is 11.4. The third-order valence-electron chi connectivity index (χ3n) is 2.34. The van der Waals surface area contributed by atoms with Crippen LogP contribution in [0, 0.1) is 10.1 Å². The summed E-state index contributed by atoms with van der Waals surface area (Å²) in [4.78, 5) is 25.9. The minimum Gasteiger partial charge on any atom is -0.465 e. The van der Waals surface area contributed by atoms with E-state index >= 15 is 0 Å². The van der Waals surface area contributed by atoms with Crippen LogP contribution in [-0.4, -0.2) is 23.0 Å². The largest absolute Gasteiger partial charge is 0.465 e. The highest BCUT2D eigenvalue weighted by Crippen LogP contribution is 2.28. The van der Waals surface area contributed by atoms with Gasteiger partial charge in [-0.3, -0.25) is 15.1 Å². The number of nitro benzene ring substituents is 1. The predicted octanol–water partition coefficient (Wildman–Crippen LogP) is 1.93. The van der Waals surface area contributed by atoms with Crippen molar-refractivity contribution in [1.82, 2.24) is 4.98 Å². The first-order valence-electron chi connectivity index (χ1n) is 4.75. The average molecular weight is 232 g/mol. The number of hydrogen-bond donors (Lipinski definition) is 0. The fourth-order valence-corrected chi connectivity index (χ4v) is 1.61. The minimum absolute atomic E-state index is 0.0713. The second-order valence-corrected chi connectivity index (χ2v) is 3.28. The van der Waals surface area contributed by atoms with Crippen LogP contribution in [0.1, 0.15) is 10.4 Å². The Balaban J connectivity index is 2.82. The van der Waals surface area contributed by atoms with Gasteiger partial charge >= 0.3 is 5.97 Å². The average Bonchev–Trinajstić information content (AvgIpc) is 2.36. The van der Waals surface area contributed by atoms with Crippen LogP contribution < -0.4 is 0 Å². The Morgan fingerprint density at radius 2 is 2.18 bits per heavy atom. The van der Waals surface area contributed by atoms with Gasteiger partial charge in [0.15, 0.2) is 0 Å². The van der Waals surface area contributed by atoms with Gasteiger partial charge in [-0.25, -0.2) is 4.79 Å². The van der Waals surface area contributed by atoms with Crippen LogP contribution in [0.2, 0.25) is 0 Å². The molecule has 0 spiro atoms. The number of rotatable bonds is 2. The lowest BCUT2D eigenvalue weighted by atomic mass is 10.1. The number of carbonyl (C=O) groups is 1. The van der Waals surface area contributed by atoms with E-state index in [1.165, 1.54) is 19.4 Å². The monoisotopic (exact) mass is 232 g/mol. The summed E-state index contributed by atoms with van der Waals surface area (Å²) in [5, 5.41) is 11.3. The molecule has 0 radical (unpaired) electrons. The molecule has 0 aliphatic heterocycles. The molecular weight excluding hydrogens is 224 g/mol. The van der Waals surface area contributed by atoms with Gasteiger partial charge in [-0.05, 0) is 24.3 Å². The highest BCUT2D eigenvalue weighted by Gasteiger charge is 2.24. The zero-order chi connectivity index (χ0) is 12.4. The van der Waals surface area contributed by atoms with E-state index in [0.717, 1.165) is 0 Å². The molecule has 86 valence electrons. The lowest BCUT2D eigenvalue weighted by molar-refractivity contribution is -0.383. The Labute approximate surface area is 96.0 Å². The van der Waals surface area contributed by atoms with Crippen molar-refractivity contribution in [2.75, 3.05) is 7.11 Å². The number of nitro groups is 1. The molecule has 17 heavy (non-hydrogen) atoms. The van der Waals surface area contributed by atoms with Gasteiger partial charge in [0.1, 0.15) is 5.56 Å². The molecule has 6 heteroatoms. The molecular formula is C11H8N2O4. The summed E-state index contributed by atoms with van der Waals surface area (Å²) in [5.74, 6) is -0.734. The van der Waals surface area contributed by atoms with E-state index in [0.29, 0.717) is 10.9 Å². The van der Waals surface area contributed by atoms with Crippen LogP contribution in [0.3, 0.4) is 0 Å². The van der Waals surface area contributed by atoms with Crippen LogP contribution in [0.4, 0.5) is 5.69 Å². The number of carbonyl (C=O) groups excluding carboxylic acids is 1. The van der Waals surface area contributed by atoms with Crippen molar-refractivity contribution >= 4 is 22.6 Å². The molecule has 0 N–H and O–H groups in total. The van der Waals surface area contributed by atoms with E-state index < -0.39 is 10.9 Å². The second kappa shape index (κ2) is 4.17. The Bertz CT molecular complexity index is 609. The number of esters is 1. The number of fused-ring (bicyclic) bond motifs is 1. The van der Waals surface area contributed by atoms with E-state index in [-0.39, 0.29) is 11.3 Å². The van der Waals surface area contributed by atoms with E-state index in [2.05, 4.69) is 9.72 Å². The fourth-order valence-electron chi connectivity index (χ4n) is 1.61. The minimum atomic E-state index is -0.734. The zero-order valence-electron chi connectivity index (χ0n) is 8.91. The van der Waals surface area contributed by atoms with E-state index in [1.807, 2.05) is 0 Å². The molecule has 0 atom stereocenters. The maximum Gasteiger partial charge on any atom is 0.344 e. The van der Waals surface area contributed by atoms with Crippen LogP contribution in [-0.2, 0) is 4.74 Å². The Hall–Kier alpha value is -2.50. The molecule has 0 fully saturated rings. The van der Waals surface area contributed by atoms with E-state index in [1.54, 1.807) is 18.2 Å². The molecule has 0 saturated carbocycles. The van der Waals surface area contributed by atoms with E-state index in [9.17, 15) is 14.9 Å². The zero-order valence-corrected chi connectivity index (χ0v) is 8.91. The van der Waals surface area contributed by atoms with Crippen LogP contribution in [0.5, 0.6) is 0 Å². The Morgan fingerprint density at radius 1 is 1.41 bits per heavy atom. The molecule has 1 aromatic heterocycles. The molecule has 0 aliphatic carbocycles. The van der Waals surface area contributed by atoms with E-state index in [4.69, 9.17) is 0 Å². The number of nitrogens with zero attached hydrogens (tertiary/aromatic N) is 2. The molecule has 0 unspecified atom stereocenters. The molecule has 1 aromatic carbocycles. The molecule has 1 heterocycles. The van der Waals surface area contributed by atoms with Crippen molar-refractivity contribution in [2.24, 2.45) is 0 Å². The van der Waals surface area contributed by atoms with Crippen LogP contribution in [0.15, 0.2) is 30.5 Å². The SMILES string of the molecule is COC(=O)c1ccc2ncccc2c1[N+](=O)[O-]. The molecule has 2 rings (SSSR count). The number of methoxy groups -OCH3 is 1. The second-order valence-electron chi connectivity index (χ2n) is 3.28. The van der Waals surface area contributed by atoms with Crippen molar-refractivity contribution in [1.29, 1.82) is 0 Å². The number of benzene rings is 1. The quantitative estimate of drug-likeness (QED) is 0.448. The van der Waals surface area contributed by atoms with Gasteiger partial charge < -0.3 is 4.74 Å². The van der Waals surface area contributed by atoms with Gasteiger partial charge in [-0.15, -0.1) is 0 Å². The third-order valence-corrected chi connectivity index (χ3v) is 2.34. The normalized spacial score (nSPS) is 10.2. The van der Waals surface area contributed by atoms with Gasteiger partial charge in [0.25, 0.3) is 5.69 Å². The highest BCUT2D eigenvalue weighted by molar-refractivity contribution is 6.02. The Kier molecular flexibility index (Phi) is 2.70. The number of pyridine rings is 1. The highest BCUT2D eigenvalue weighted by atomic mass is 16.6. The van der Waals surface area contributed by atoms with Crippen LogP contribution in [0.25, 0.3) is 10.9 Å². The summed E-state index contributed by atoms with van der Waals surface area (Å²) < 4.78 is 4.51. The number of aromatic nitrogens is 1. The first-order chi connectivity index (χ1) is 8.15. The van der Waals surface area contributed by atoms with Crippen molar-refractivity contribution in [3.8, 4) is 0 Å². The molecule has 6 nitrogen and oxygen atoms in total. The van der Waals surface area contributed by atoms with Crippen LogP contribution >= 0.6 is 0 Å². The van der Waals surface area contributed by atoms with Crippen molar-refractivity contribution in [3.63, 3.8) is 0 Å².